The van der Waals surface area contributed by atoms with Gasteiger partial charge in [0.2, 0.25) is 0 Å². The van der Waals surface area contributed by atoms with E-state index in [0.29, 0.717) is 23.1 Å². The number of hydrogen-bond acceptors (Lipinski definition) is 3. The summed E-state index contributed by atoms with van der Waals surface area (Å²) in [6.07, 6.45) is 8.70. The maximum Gasteiger partial charge on any atom is 0.511 e. The first-order valence-electron chi connectivity index (χ1n) is 7.73. The van der Waals surface area contributed by atoms with E-state index in [1.165, 1.54) is 6.42 Å². The summed E-state index contributed by atoms with van der Waals surface area (Å²) in [5.74, 6) is 0.884. The van der Waals surface area contributed by atoms with E-state index in [1.54, 1.807) is 0 Å². The molecule has 0 aromatic carbocycles. The second-order valence-electron chi connectivity index (χ2n) is 6.10. The minimum absolute atomic E-state index is 0.0413. The number of nitrogens with one attached hydrogen (secondary N) is 1. The van der Waals surface area contributed by atoms with Crippen LogP contribution in [0.25, 0.3) is 0 Å². The fourth-order valence-corrected chi connectivity index (χ4v) is 4.02. The number of allylic oxidation sites excluding steroid dienone is 2. The summed E-state index contributed by atoms with van der Waals surface area (Å²) < 4.78 is 60.6. The number of rotatable bonds is 5. The van der Waals surface area contributed by atoms with Crippen molar-refractivity contribution in [2.75, 3.05) is 26.2 Å². The van der Waals surface area contributed by atoms with E-state index in [1.807, 2.05) is 0 Å². The van der Waals surface area contributed by atoms with E-state index in [4.69, 9.17) is 0 Å². The molecule has 0 saturated carbocycles. The molecule has 8 heteroatoms. The number of nitrogens with zero attached hydrogens (tertiary/aromatic N) is 1. The molecule has 0 aromatic rings. The SMILES string of the molecule is O=S(=O)(N1CCC(CNCC2CC=CCC2)CC1)C(F)(F)F. The molecular formula is C14H23F3N2O2S. The van der Waals surface area contributed by atoms with Crippen LogP contribution in [0.2, 0.25) is 0 Å². The number of piperidine rings is 1. The first kappa shape index (κ1) is 17.7. The molecule has 1 saturated heterocycles. The Morgan fingerprint density at radius 2 is 1.68 bits per heavy atom. The van der Waals surface area contributed by atoms with Crippen LogP contribution in [0.5, 0.6) is 0 Å². The van der Waals surface area contributed by atoms with Crippen molar-refractivity contribution in [1.82, 2.24) is 9.62 Å². The summed E-state index contributed by atoms with van der Waals surface area (Å²) in [6, 6.07) is 0. The number of alkyl halides is 3. The Bertz CT molecular complexity index is 483. The molecule has 1 N–H and O–H groups in total. The molecule has 1 heterocycles. The zero-order chi connectivity index (χ0) is 16.2. The summed E-state index contributed by atoms with van der Waals surface area (Å²) in [4.78, 5) is 0. The lowest BCUT2D eigenvalue weighted by Gasteiger charge is -2.32. The van der Waals surface area contributed by atoms with Gasteiger partial charge in [-0.2, -0.15) is 17.5 Å². The van der Waals surface area contributed by atoms with Gasteiger partial charge in [-0.05, 0) is 57.0 Å². The Kier molecular flexibility index (Phi) is 5.90. The Labute approximate surface area is 129 Å². The molecule has 1 aliphatic heterocycles. The molecule has 1 atom stereocenters. The van der Waals surface area contributed by atoms with E-state index in [2.05, 4.69) is 17.5 Å². The Morgan fingerprint density at radius 3 is 2.23 bits per heavy atom. The van der Waals surface area contributed by atoms with Crippen LogP contribution < -0.4 is 5.32 Å². The minimum Gasteiger partial charge on any atom is -0.316 e. The molecule has 2 aliphatic rings. The summed E-state index contributed by atoms with van der Waals surface area (Å²) in [7, 11) is -5.16. The van der Waals surface area contributed by atoms with Gasteiger partial charge in [-0.15, -0.1) is 0 Å². The molecule has 0 bridgehead atoms. The first-order valence-corrected chi connectivity index (χ1v) is 9.17. The minimum atomic E-state index is -5.19. The third-order valence-electron chi connectivity index (χ3n) is 4.45. The Morgan fingerprint density at radius 1 is 1.05 bits per heavy atom. The zero-order valence-electron chi connectivity index (χ0n) is 12.5. The number of sulfonamides is 1. The number of halogens is 3. The number of hydrogen-bond donors (Lipinski definition) is 1. The van der Waals surface area contributed by atoms with Crippen molar-refractivity contribution in [3.05, 3.63) is 12.2 Å². The zero-order valence-corrected chi connectivity index (χ0v) is 13.3. The van der Waals surface area contributed by atoms with Gasteiger partial charge in [0, 0.05) is 13.1 Å². The van der Waals surface area contributed by atoms with E-state index in [-0.39, 0.29) is 19.0 Å². The monoisotopic (exact) mass is 340 g/mol. The third-order valence-corrected chi connectivity index (χ3v) is 6.08. The molecular weight excluding hydrogens is 317 g/mol. The molecule has 0 spiro atoms. The molecule has 128 valence electrons. The van der Waals surface area contributed by atoms with Gasteiger partial charge in [0.05, 0.1) is 0 Å². The topological polar surface area (TPSA) is 49.4 Å². The van der Waals surface area contributed by atoms with E-state index < -0.39 is 15.5 Å². The van der Waals surface area contributed by atoms with Gasteiger partial charge in [0.15, 0.2) is 0 Å². The largest absolute Gasteiger partial charge is 0.511 e. The van der Waals surface area contributed by atoms with Crippen LogP contribution in [0.4, 0.5) is 13.2 Å². The predicted molar refractivity (Wildman–Crippen MR) is 78.6 cm³/mol. The van der Waals surface area contributed by atoms with Gasteiger partial charge in [-0.25, -0.2) is 8.42 Å². The van der Waals surface area contributed by atoms with Crippen LogP contribution in [0.1, 0.15) is 32.1 Å². The van der Waals surface area contributed by atoms with Crippen molar-refractivity contribution in [2.45, 2.75) is 37.6 Å². The van der Waals surface area contributed by atoms with Crippen LogP contribution in [-0.2, 0) is 10.0 Å². The second-order valence-corrected chi connectivity index (χ2v) is 8.03. The second kappa shape index (κ2) is 7.31. The van der Waals surface area contributed by atoms with Crippen LogP contribution in [0.3, 0.4) is 0 Å². The van der Waals surface area contributed by atoms with Crippen molar-refractivity contribution in [3.63, 3.8) is 0 Å². The highest BCUT2D eigenvalue weighted by molar-refractivity contribution is 7.90. The lowest BCUT2D eigenvalue weighted by molar-refractivity contribution is -0.0496. The van der Waals surface area contributed by atoms with Gasteiger partial charge in [-0.3, -0.25) is 0 Å². The summed E-state index contributed by atoms with van der Waals surface area (Å²) >= 11 is 0. The highest BCUT2D eigenvalue weighted by Gasteiger charge is 2.50. The van der Waals surface area contributed by atoms with Crippen molar-refractivity contribution >= 4 is 10.0 Å². The fraction of sp³-hybridized carbons (Fsp3) is 0.857. The molecule has 1 aliphatic carbocycles. The lowest BCUT2D eigenvalue weighted by Crippen LogP contribution is -2.46. The van der Waals surface area contributed by atoms with Crippen LogP contribution in [0, 0.1) is 11.8 Å². The molecule has 22 heavy (non-hydrogen) atoms. The summed E-state index contributed by atoms with van der Waals surface area (Å²) in [6.45, 7) is 1.59. The maximum atomic E-state index is 12.5. The Balaban J connectivity index is 1.70. The third kappa shape index (κ3) is 4.45. The molecule has 1 fully saturated rings. The average molecular weight is 340 g/mol. The Hall–Kier alpha value is -0.600. The molecule has 0 aromatic heterocycles. The van der Waals surface area contributed by atoms with Crippen LogP contribution >= 0.6 is 0 Å². The average Bonchev–Trinajstić information content (AvgIpc) is 2.48. The molecule has 2 rings (SSSR count). The normalized spacial score (nSPS) is 25.5. The maximum absolute atomic E-state index is 12.5. The quantitative estimate of drug-likeness (QED) is 0.783. The van der Waals surface area contributed by atoms with Gasteiger partial charge in [0.1, 0.15) is 0 Å². The van der Waals surface area contributed by atoms with E-state index in [0.717, 1.165) is 25.9 Å². The van der Waals surface area contributed by atoms with Crippen LogP contribution in [0.15, 0.2) is 12.2 Å². The summed E-state index contributed by atoms with van der Waals surface area (Å²) in [5, 5.41) is 3.38. The molecule has 0 amide bonds. The van der Waals surface area contributed by atoms with Crippen molar-refractivity contribution in [1.29, 1.82) is 0 Å². The molecule has 0 radical (unpaired) electrons. The fourth-order valence-electron chi connectivity index (χ4n) is 3.03. The lowest BCUT2D eigenvalue weighted by atomic mass is 9.93. The van der Waals surface area contributed by atoms with Crippen LogP contribution in [-0.4, -0.2) is 44.4 Å². The molecule has 1 unspecified atom stereocenters. The van der Waals surface area contributed by atoms with Gasteiger partial charge < -0.3 is 5.32 Å². The van der Waals surface area contributed by atoms with Crippen molar-refractivity contribution < 1.29 is 21.6 Å². The van der Waals surface area contributed by atoms with E-state index in [9.17, 15) is 21.6 Å². The first-order chi connectivity index (χ1) is 10.3. The highest BCUT2D eigenvalue weighted by Crippen LogP contribution is 2.30. The highest BCUT2D eigenvalue weighted by atomic mass is 32.2. The smallest absolute Gasteiger partial charge is 0.316 e. The standard InChI is InChI=1S/C14H23F3N2O2S/c15-14(16,17)22(20,21)19-8-6-13(7-9-19)11-18-10-12-4-2-1-3-5-12/h1-2,12-13,18H,3-11H2. The van der Waals surface area contributed by atoms with Crippen molar-refractivity contribution in [2.24, 2.45) is 11.8 Å². The van der Waals surface area contributed by atoms with Crippen molar-refractivity contribution in [3.8, 4) is 0 Å². The van der Waals surface area contributed by atoms with E-state index >= 15 is 0 Å². The van der Waals surface area contributed by atoms with Gasteiger partial charge in [-0.1, -0.05) is 12.2 Å². The van der Waals surface area contributed by atoms with Gasteiger partial charge >= 0.3 is 15.5 Å². The molecule has 4 nitrogen and oxygen atoms in total. The van der Waals surface area contributed by atoms with Gasteiger partial charge in [0.25, 0.3) is 0 Å². The summed E-state index contributed by atoms with van der Waals surface area (Å²) in [5.41, 5.74) is -5.19. The predicted octanol–water partition coefficient (Wildman–Crippen LogP) is 2.49.